The fourth-order valence-corrected chi connectivity index (χ4v) is 3.98. The standard InChI is InChI=1S/C11H19N3O4S/c1-11(18-2)4-3-5-14(8-11)19(16,17)10-9(7-15)6-12-13-10/h6,15H,3-5,7-8H2,1-2H3,(H,12,13). The third-order valence-corrected chi connectivity index (χ3v) is 5.42. The predicted molar refractivity (Wildman–Crippen MR) is 67.9 cm³/mol. The molecule has 1 fully saturated rings. The molecule has 1 atom stereocenters. The van der Waals surface area contributed by atoms with Gasteiger partial charge in [0.2, 0.25) is 0 Å². The smallest absolute Gasteiger partial charge is 0.260 e. The highest BCUT2D eigenvalue weighted by atomic mass is 32.2. The molecule has 0 aliphatic carbocycles. The number of hydrogen-bond acceptors (Lipinski definition) is 5. The fraction of sp³-hybridized carbons (Fsp3) is 0.727. The van der Waals surface area contributed by atoms with Gasteiger partial charge in [-0.2, -0.15) is 9.40 Å². The van der Waals surface area contributed by atoms with Crippen molar-refractivity contribution in [2.75, 3.05) is 20.2 Å². The number of rotatable bonds is 4. The highest BCUT2D eigenvalue weighted by Crippen LogP contribution is 2.28. The van der Waals surface area contributed by atoms with Crippen LogP contribution in [-0.2, 0) is 21.4 Å². The Balaban J connectivity index is 2.30. The third kappa shape index (κ3) is 2.66. The molecule has 7 nitrogen and oxygen atoms in total. The maximum atomic E-state index is 12.5. The van der Waals surface area contributed by atoms with Crippen molar-refractivity contribution < 1.29 is 18.3 Å². The van der Waals surface area contributed by atoms with Gasteiger partial charge in [0, 0.05) is 25.8 Å². The maximum absolute atomic E-state index is 12.5. The number of aliphatic hydroxyl groups excluding tert-OH is 1. The van der Waals surface area contributed by atoms with Gasteiger partial charge in [-0.1, -0.05) is 0 Å². The average molecular weight is 289 g/mol. The largest absolute Gasteiger partial charge is 0.392 e. The zero-order valence-electron chi connectivity index (χ0n) is 11.1. The molecule has 1 aliphatic rings. The summed E-state index contributed by atoms with van der Waals surface area (Å²) in [7, 11) is -2.08. The Labute approximate surface area is 112 Å². The van der Waals surface area contributed by atoms with E-state index in [1.165, 1.54) is 10.5 Å². The Morgan fingerprint density at radius 2 is 2.37 bits per heavy atom. The van der Waals surface area contributed by atoms with Gasteiger partial charge in [-0.15, -0.1) is 0 Å². The van der Waals surface area contributed by atoms with Crippen LogP contribution in [0.2, 0.25) is 0 Å². The summed E-state index contributed by atoms with van der Waals surface area (Å²) in [6, 6.07) is 0. The first-order valence-electron chi connectivity index (χ1n) is 6.11. The number of aromatic amines is 1. The van der Waals surface area contributed by atoms with E-state index in [9.17, 15) is 8.42 Å². The van der Waals surface area contributed by atoms with Gasteiger partial charge in [-0.05, 0) is 19.8 Å². The molecule has 0 saturated carbocycles. The van der Waals surface area contributed by atoms with Crippen LogP contribution in [0.4, 0.5) is 0 Å². The molecule has 0 bridgehead atoms. The van der Waals surface area contributed by atoms with Crippen molar-refractivity contribution in [2.24, 2.45) is 0 Å². The van der Waals surface area contributed by atoms with E-state index in [4.69, 9.17) is 9.84 Å². The Morgan fingerprint density at radius 3 is 3.00 bits per heavy atom. The molecule has 1 aromatic rings. The minimum atomic E-state index is -3.67. The molecular weight excluding hydrogens is 270 g/mol. The maximum Gasteiger partial charge on any atom is 0.260 e. The molecule has 2 heterocycles. The van der Waals surface area contributed by atoms with Crippen LogP contribution in [0.3, 0.4) is 0 Å². The molecule has 1 aliphatic heterocycles. The summed E-state index contributed by atoms with van der Waals surface area (Å²) in [5, 5.41) is 15.3. The summed E-state index contributed by atoms with van der Waals surface area (Å²) in [6.45, 7) is 2.29. The summed E-state index contributed by atoms with van der Waals surface area (Å²) < 4.78 is 31.8. The average Bonchev–Trinajstić information content (AvgIpc) is 2.88. The summed E-state index contributed by atoms with van der Waals surface area (Å²) in [6.07, 6.45) is 2.89. The molecule has 2 N–H and O–H groups in total. The summed E-state index contributed by atoms with van der Waals surface area (Å²) in [5.74, 6) is 0. The minimum absolute atomic E-state index is 0.0321. The van der Waals surface area contributed by atoms with Crippen molar-refractivity contribution in [3.05, 3.63) is 11.8 Å². The number of aromatic nitrogens is 2. The van der Waals surface area contributed by atoms with E-state index in [2.05, 4.69) is 10.2 Å². The number of nitrogens with one attached hydrogen (secondary N) is 1. The molecule has 1 aromatic heterocycles. The van der Waals surface area contributed by atoms with Crippen LogP contribution >= 0.6 is 0 Å². The van der Waals surface area contributed by atoms with E-state index in [-0.39, 0.29) is 17.2 Å². The monoisotopic (exact) mass is 289 g/mol. The quantitative estimate of drug-likeness (QED) is 0.819. The number of nitrogens with zero attached hydrogens (tertiary/aromatic N) is 2. The Kier molecular flexibility index (Phi) is 3.95. The topological polar surface area (TPSA) is 95.5 Å². The van der Waals surface area contributed by atoms with Crippen molar-refractivity contribution in [3.8, 4) is 0 Å². The van der Waals surface area contributed by atoms with Gasteiger partial charge in [0.05, 0.1) is 18.4 Å². The number of sulfonamides is 1. The molecule has 8 heteroatoms. The van der Waals surface area contributed by atoms with Gasteiger partial charge in [0.1, 0.15) is 0 Å². The van der Waals surface area contributed by atoms with Crippen LogP contribution in [0.5, 0.6) is 0 Å². The van der Waals surface area contributed by atoms with Gasteiger partial charge >= 0.3 is 0 Å². The summed E-state index contributed by atoms with van der Waals surface area (Å²) >= 11 is 0. The van der Waals surface area contributed by atoms with Crippen molar-refractivity contribution >= 4 is 10.0 Å². The van der Waals surface area contributed by atoms with Crippen LogP contribution in [0.15, 0.2) is 11.2 Å². The van der Waals surface area contributed by atoms with Gasteiger partial charge in [-0.25, -0.2) is 8.42 Å². The zero-order valence-corrected chi connectivity index (χ0v) is 11.9. The van der Waals surface area contributed by atoms with Gasteiger partial charge in [0.25, 0.3) is 10.0 Å². The number of piperidine rings is 1. The Morgan fingerprint density at radius 1 is 1.63 bits per heavy atom. The van der Waals surface area contributed by atoms with E-state index in [1.54, 1.807) is 7.11 Å². The van der Waals surface area contributed by atoms with Crippen LogP contribution in [0, 0.1) is 0 Å². The van der Waals surface area contributed by atoms with Crippen LogP contribution in [-0.4, -0.2) is 53.8 Å². The lowest BCUT2D eigenvalue weighted by Gasteiger charge is -2.38. The number of hydrogen-bond donors (Lipinski definition) is 2. The Hall–Kier alpha value is -0.960. The first-order valence-corrected chi connectivity index (χ1v) is 7.55. The van der Waals surface area contributed by atoms with Crippen molar-refractivity contribution in [2.45, 2.75) is 37.0 Å². The number of aliphatic hydroxyl groups is 1. The molecule has 0 aromatic carbocycles. The fourth-order valence-electron chi connectivity index (χ4n) is 2.30. The molecule has 1 unspecified atom stereocenters. The van der Waals surface area contributed by atoms with E-state index in [0.29, 0.717) is 13.1 Å². The molecule has 108 valence electrons. The molecule has 1 saturated heterocycles. The first kappa shape index (κ1) is 14.4. The lowest BCUT2D eigenvalue weighted by atomic mass is 9.96. The number of H-pyrrole nitrogens is 1. The van der Waals surface area contributed by atoms with E-state index in [0.717, 1.165) is 12.8 Å². The van der Waals surface area contributed by atoms with Crippen molar-refractivity contribution in [1.82, 2.24) is 14.5 Å². The van der Waals surface area contributed by atoms with Gasteiger partial charge in [-0.3, -0.25) is 5.10 Å². The molecule has 0 radical (unpaired) electrons. The second-order valence-corrected chi connectivity index (χ2v) is 6.85. The Bertz CT molecular complexity index is 542. The van der Waals surface area contributed by atoms with E-state index < -0.39 is 15.6 Å². The van der Waals surface area contributed by atoms with E-state index in [1.807, 2.05) is 6.92 Å². The summed E-state index contributed by atoms with van der Waals surface area (Å²) in [4.78, 5) is 0. The minimum Gasteiger partial charge on any atom is -0.392 e. The highest BCUT2D eigenvalue weighted by molar-refractivity contribution is 7.89. The molecule has 0 amide bonds. The summed E-state index contributed by atoms with van der Waals surface area (Å²) in [5.41, 5.74) is -0.185. The highest BCUT2D eigenvalue weighted by Gasteiger charge is 2.38. The van der Waals surface area contributed by atoms with Crippen LogP contribution in [0.25, 0.3) is 0 Å². The van der Waals surface area contributed by atoms with Gasteiger partial charge < -0.3 is 9.84 Å². The molecular formula is C11H19N3O4S. The SMILES string of the molecule is COC1(C)CCCN(S(=O)(=O)c2[nH]ncc2CO)C1. The second kappa shape index (κ2) is 5.20. The van der Waals surface area contributed by atoms with Crippen molar-refractivity contribution in [3.63, 3.8) is 0 Å². The van der Waals surface area contributed by atoms with Gasteiger partial charge in [0.15, 0.2) is 5.03 Å². The van der Waals surface area contributed by atoms with Crippen LogP contribution < -0.4 is 0 Å². The zero-order chi connectivity index (χ0) is 14.1. The predicted octanol–water partition coefficient (Wildman–Crippen LogP) is 0.0916. The number of ether oxygens (including phenoxy) is 1. The number of methoxy groups -OCH3 is 1. The second-order valence-electron chi connectivity index (χ2n) is 4.98. The lowest BCUT2D eigenvalue weighted by Crippen LogP contribution is -2.49. The van der Waals surface area contributed by atoms with Crippen LogP contribution in [0.1, 0.15) is 25.3 Å². The molecule has 19 heavy (non-hydrogen) atoms. The van der Waals surface area contributed by atoms with E-state index >= 15 is 0 Å². The van der Waals surface area contributed by atoms with Crippen molar-refractivity contribution in [1.29, 1.82) is 0 Å². The molecule has 0 spiro atoms. The normalized spacial score (nSPS) is 25.6. The third-order valence-electron chi connectivity index (χ3n) is 3.56. The molecule has 2 rings (SSSR count). The lowest BCUT2D eigenvalue weighted by molar-refractivity contribution is -0.0319. The first-order chi connectivity index (χ1) is 8.93.